The first-order valence-electron chi connectivity index (χ1n) is 6.26. The zero-order valence-corrected chi connectivity index (χ0v) is 10.9. The Morgan fingerprint density at radius 3 is 2.18 bits per heavy atom. The minimum Gasteiger partial charge on any atom is -0.465 e. The molecule has 1 atom stereocenters. The van der Waals surface area contributed by atoms with E-state index in [1.165, 1.54) is 0 Å². The summed E-state index contributed by atoms with van der Waals surface area (Å²) in [4.78, 5) is 26.9. The molecule has 0 aromatic heterocycles. The van der Waals surface area contributed by atoms with Gasteiger partial charge in [0, 0.05) is 33.1 Å². The lowest BCUT2D eigenvalue weighted by Crippen LogP contribution is -2.53. The summed E-state index contributed by atoms with van der Waals surface area (Å²) in [5, 5.41) is 0. The van der Waals surface area contributed by atoms with Gasteiger partial charge in [0.2, 0.25) is 5.91 Å². The zero-order chi connectivity index (χ0) is 12.8. The number of carbonyl (C=O) groups excluding carboxylic acids is 2. The zero-order valence-electron chi connectivity index (χ0n) is 10.9. The summed E-state index contributed by atoms with van der Waals surface area (Å²) in [6.07, 6.45) is 0.749. The van der Waals surface area contributed by atoms with E-state index in [2.05, 4.69) is 4.90 Å². The van der Waals surface area contributed by atoms with Crippen LogP contribution >= 0.6 is 0 Å². The molecule has 1 aliphatic heterocycles. The van der Waals surface area contributed by atoms with Crippen molar-refractivity contribution in [3.8, 4) is 0 Å². The largest absolute Gasteiger partial charge is 0.465 e. The lowest BCUT2D eigenvalue weighted by Gasteiger charge is -2.37. The smallest absolute Gasteiger partial charge is 0.323 e. The topological polar surface area (TPSA) is 49.9 Å². The number of carbonyl (C=O) groups is 2. The minimum atomic E-state index is -0.163. The summed E-state index contributed by atoms with van der Waals surface area (Å²) in [6, 6.07) is -0.163. The summed E-state index contributed by atoms with van der Waals surface area (Å²) in [6.45, 7) is 8.70. The van der Waals surface area contributed by atoms with E-state index in [-0.39, 0.29) is 17.9 Å². The number of amides is 1. The van der Waals surface area contributed by atoms with Crippen LogP contribution in [0.2, 0.25) is 0 Å². The van der Waals surface area contributed by atoms with Crippen LogP contribution in [0.1, 0.15) is 27.2 Å². The second-order valence-corrected chi connectivity index (χ2v) is 4.22. The van der Waals surface area contributed by atoms with Gasteiger partial charge in [-0.05, 0) is 13.3 Å². The van der Waals surface area contributed by atoms with Crippen molar-refractivity contribution >= 4 is 11.9 Å². The van der Waals surface area contributed by atoms with Crippen LogP contribution in [0.3, 0.4) is 0 Å². The maximum Gasteiger partial charge on any atom is 0.323 e. The number of hydrogen-bond acceptors (Lipinski definition) is 4. The fourth-order valence-electron chi connectivity index (χ4n) is 2.16. The Morgan fingerprint density at radius 2 is 1.76 bits per heavy atom. The minimum absolute atomic E-state index is 0.105. The molecule has 0 aliphatic carbocycles. The third-order valence-electron chi connectivity index (χ3n) is 3.15. The van der Waals surface area contributed by atoms with Gasteiger partial charge in [0.05, 0.1) is 6.61 Å². The highest BCUT2D eigenvalue weighted by atomic mass is 16.5. The molecule has 0 aromatic rings. The van der Waals surface area contributed by atoms with Gasteiger partial charge in [0.1, 0.15) is 6.04 Å². The van der Waals surface area contributed by atoms with Gasteiger partial charge in [-0.25, -0.2) is 0 Å². The molecule has 1 fully saturated rings. The molecule has 5 heteroatoms. The van der Waals surface area contributed by atoms with Crippen LogP contribution in [0, 0.1) is 0 Å². The molecule has 1 saturated heterocycles. The van der Waals surface area contributed by atoms with Crippen LogP contribution in [-0.2, 0) is 14.3 Å². The average molecular weight is 242 g/mol. The molecular weight excluding hydrogens is 220 g/mol. The predicted octanol–water partition coefficient (Wildman–Crippen LogP) is 0.492. The molecule has 0 bridgehead atoms. The Kier molecular flexibility index (Phi) is 5.41. The van der Waals surface area contributed by atoms with E-state index in [1.807, 2.05) is 18.7 Å². The average Bonchev–Trinajstić information content (AvgIpc) is 2.31. The number of rotatable bonds is 4. The molecule has 17 heavy (non-hydrogen) atoms. The lowest BCUT2D eigenvalue weighted by molar-refractivity contribution is -0.150. The van der Waals surface area contributed by atoms with Crippen molar-refractivity contribution in [3.05, 3.63) is 0 Å². The fourth-order valence-corrected chi connectivity index (χ4v) is 2.16. The highest BCUT2D eigenvalue weighted by molar-refractivity contribution is 5.76. The lowest BCUT2D eigenvalue weighted by atomic mass is 10.1. The Hall–Kier alpha value is -1.10. The van der Waals surface area contributed by atoms with Crippen LogP contribution in [0.5, 0.6) is 0 Å². The standard InChI is InChI=1S/C12H22N2O3/c1-4-11(12(16)17-5-2)14-8-6-13(7-9-14)10(3)15/h11H,4-9H2,1-3H3. The second-order valence-electron chi connectivity index (χ2n) is 4.22. The molecular formula is C12H22N2O3. The molecule has 1 rings (SSSR count). The number of nitrogens with zero attached hydrogens (tertiary/aromatic N) is 2. The van der Waals surface area contributed by atoms with Gasteiger partial charge in [0.15, 0.2) is 0 Å². The van der Waals surface area contributed by atoms with E-state index in [4.69, 9.17) is 4.74 Å². The molecule has 0 N–H and O–H groups in total. The monoisotopic (exact) mass is 242 g/mol. The van der Waals surface area contributed by atoms with Gasteiger partial charge in [-0.15, -0.1) is 0 Å². The normalized spacial score (nSPS) is 18.9. The predicted molar refractivity (Wildman–Crippen MR) is 64.5 cm³/mol. The molecule has 5 nitrogen and oxygen atoms in total. The summed E-state index contributed by atoms with van der Waals surface area (Å²) in [7, 11) is 0. The first kappa shape index (κ1) is 14.0. The Bertz CT molecular complexity index is 273. The molecule has 1 aliphatic rings. The molecule has 98 valence electrons. The molecule has 0 saturated carbocycles. The van der Waals surface area contributed by atoms with Crippen molar-refractivity contribution in [2.75, 3.05) is 32.8 Å². The molecule has 0 aromatic carbocycles. The first-order valence-corrected chi connectivity index (χ1v) is 6.26. The molecule has 0 spiro atoms. The van der Waals surface area contributed by atoms with Crippen LogP contribution in [0.4, 0.5) is 0 Å². The van der Waals surface area contributed by atoms with Crippen molar-refractivity contribution < 1.29 is 14.3 Å². The molecule has 1 amide bonds. The van der Waals surface area contributed by atoms with E-state index in [0.29, 0.717) is 19.7 Å². The van der Waals surface area contributed by atoms with E-state index < -0.39 is 0 Å². The van der Waals surface area contributed by atoms with Gasteiger partial charge in [-0.2, -0.15) is 0 Å². The number of piperazine rings is 1. The Labute approximate surface area is 103 Å². The highest BCUT2D eigenvalue weighted by Crippen LogP contribution is 2.11. The number of ether oxygens (including phenoxy) is 1. The van der Waals surface area contributed by atoms with Gasteiger partial charge in [-0.1, -0.05) is 6.92 Å². The quantitative estimate of drug-likeness (QED) is 0.673. The Morgan fingerprint density at radius 1 is 1.18 bits per heavy atom. The SMILES string of the molecule is CCOC(=O)C(CC)N1CCN(C(C)=O)CC1. The van der Waals surface area contributed by atoms with Gasteiger partial charge in [0.25, 0.3) is 0 Å². The summed E-state index contributed by atoms with van der Waals surface area (Å²) in [5.41, 5.74) is 0. The van der Waals surface area contributed by atoms with E-state index in [9.17, 15) is 9.59 Å². The van der Waals surface area contributed by atoms with E-state index in [1.54, 1.807) is 6.92 Å². The highest BCUT2D eigenvalue weighted by Gasteiger charge is 2.29. The van der Waals surface area contributed by atoms with Crippen LogP contribution in [-0.4, -0.2) is 60.5 Å². The van der Waals surface area contributed by atoms with Crippen molar-refractivity contribution in [1.29, 1.82) is 0 Å². The first-order chi connectivity index (χ1) is 8.10. The van der Waals surface area contributed by atoms with Crippen molar-refractivity contribution in [1.82, 2.24) is 9.80 Å². The molecule has 1 heterocycles. The maximum absolute atomic E-state index is 11.7. The van der Waals surface area contributed by atoms with E-state index >= 15 is 0 Å². The summed E-state index contributed by atoms with van der Waals surface area (Å²) < 4.78 is 5.06. The van der Waals surface area contributed by atoms with Crippen molar-refractivity contribution in [2.24, 2.45) is 0 Å². The number of hydrogen-bond donors (Lipinski definition) is 0. The van der Waals surface area contributed by atoms with Gasteiger partial charge < -0.3 is 9.64 Å². The van der Waals surface area contributed by atoms with Crippen molar-refractivity contribution in [2.45, 2.75) is 33.2 Å². The third kappa shape index (κ3) is 3.70. The van der Waals surface area contributed by atoms with Gasteiger partial charge in [-0.3, -0.25) is 14.5 Å². The van der Waals surface area contributed by atoms with Crippen LogP contribution < -0.4 is 0 Å². The fraction of sp³-hybridized carbons (Fsp3) is 0.833. The van der Waals surface area contributed by atoms with Gasteiger partial charge >= 0.3 is 5.97 Å². The van der Waals surface area contributed by atoms with Crippen LogP contribution in [0.25, 0.3) is 0 Å². The summed E-state index contributed by atoms with van der Waals surface area (Å²) >= 11 is 0. The molecule has 0 radical (unpaired) electrons. The second kappa shape index (κ2) is 6.59. The Balaban J connectivity index is 2.50. The van der Waals surface area contributed by atoms with Crippen LogP contribution in [0.15, 0.2) is 0 Å². The molecule has 1 unspecified atom stereocenters. The van der Waals surface area contributed by atoms with E-state index in [0.717, 1.165) is 19.5 Å². The summed E-state index contributed by atoms with van der Waals surface area (Å²) in [5.74, 6) is -0.0416. The maximum atomic E-state index is 11.7. The number of esters is 1. The third-order valence-corrected chi connectivity index (χ3v) is 3.15. The van der Waals surface area contributed by atoms with Crippen molar-refractivity contribution in [3.63, 3.8) is 0 Å².